The number of nitrogens with zero attached hydrogens (tertiary/aromatic N) is 2. The maximum Gasteiger partial charge on any atom is 0.179 e. The molecule has 0 aliphatic heterocycles. The smallest absolute Gasteiger partial charge is 0.179 e. The Morgan fingerprint density at radius 2 is 2.38 bits per heavy atom. The van der Waals surface area contributed by atoms with Crippen LogP contribution in [0.15, 0.2) is 12.3 Å². The second kappa shape index (κ2) is 4.76. The third-order valence-electron chi connectivity index (χ3n) is 2.41. The van der Waals surface area contributed by atoms with Gasteiger partial charge in [-0.05, 0) is 37.7 Å². The van der Waals surface area contributed by atoms with Crippen molar-refractivity contribution in [2.75, 3.05) is 13.2 Å². The van der Waals surface area contributed by atoms with E-state index in [9.17, 15) is 0 Å². The van der Waals surface area contributed by atoms with E-state index in [2.05, 4.69) is 16.0 Å². The third-order valence-corrected chi connectivity index (χ3v) is 2.73. The van der Waals surface area contributed by atoms with E-state index in [0.717, 1.165) is 29.9 Å². The summed E-state index contributed by atoms with van der Waals surface area (Å²) in [6.45, 7) is 6.12. The zero-order chi connectivity index (χ0) is 11.5. The Morgan fingerprint density at radius 3 is 3.12 bits per heavy atom. The zero-order valence-corrected chi connectivity index (χ0v) is 10.3. The lowest BCUT2D eigenvalue weighted by molar-refractivity contribution is 0.139. The van der Waals surface area contributed by atoms with Crippen LogP contribution < -0.4 is 0 Å². The van der Waals surface area contributed by atoms with Crippen LogP contribution in [0.2, 0.25) is 0 Å². The molecule has 2 rings (SSSR count). The molecule has 2 aromatic heterocycles. The summed E-state index contributed by atoms with van der Waals surface area (Å²) in [7, 11) is 0. The minimum Gasteiger partial charge on any atom is -0.380 e. The Kier molecular flexibility index (Phi) is 3.36. The van der Waals surface area contributed by atoms with Gasteiger partial charge in [-0.2, -0.15) is 0 Å². The van der Waals surface area contributed by atoms with Crippen molar-refractivity contribution in [2.24, 2.45) is 0 Å². The largest absolute Gasteiger partial charge is 0.380 e. The number of imidazole rings is 1. The predicted octanol–water partition coefficient (Wildman–Crippen LogP) is 2.44. The first-order valence-corrected chi connectivity index (χ1v) is 5.76. The summed E-state index contributed by atoms with van der Waals surface area (Å²) in [4.78, 5) is 7.54. The van der Waals surface area contributed by atoms with Crippen molar-refractivity contribution in [1.29, 1.82) is 0 Å². The Hall–Kier alpha value is -1.20. The number of pyridine rings is 1. The summed E-state index contributed by atoms with van der Waals surface area (Å²) in [5.74, 6) is 0. The first-order valence-electron chi connectivity index (χ1n) is 5.35. The van der Waals surface area contributed by atoms with Gasteiger partial charge < -0.3 is 9.72 Å². The van der Waals surface area contributed by atoms with E-state index in [1.807, 2.05) is 24.6 Å². The van der Waals surface area contributed by atoms with Crippen LogP contribution in [0.3, 0.4) is 0 Å². The highest BCUT2D eigenvalue weighted by atomic mass is 32.1. The van der Waals surface area contributed by atoms with Crippen molar-refractivity contribution >= 4 is 23.4 Å². The van der Waals surface area contributed by atoms with E-state index in [0.29, 0.717) is 11.4 Å². The summed E-state index contributed by atoms with van der Waals surface area (Å²) in [6, 6.07) is 2.05. The molecule has 0 aromatic carbocycles. The fraction of sp³-hybridized carbons (Fsp3) is 0.455. The summed E-state index contributed by atoms with van der Waals surface area (Å²) in [5, 5.41) is 0. The zero-order valence-electron chi connectivity index (χ0n) is 9.49. The van der Waals surface area contributed by atoms with Crippen LogP contribution >= 0.6 is 12.2 Å². The fourth-order valence-electron chi connectivity index (χ4n) is 1.66. The average Bonchev–Trinajstić information content (AvgIpc) is 2.55. The number of aromatic amines is 1. The van der Waals surface area contributed by atoms with Gasteiger partial charge in [-0.3, -0.25) is 4.57 Å². The van der Waals surface area contributed by atoms with Crippen LogP contribution in [-0.2, 0) is 11.3 Å². The van der Waals surface area contributed by atoms with E-state index < -0.39 is 0 Å². The Balaban J connectivity index is 2.36. The first kappa shape index (κ1) is 11.3. The highest BCUT2D eigenvalue weighted by Gasteiger charge is 2.05. The molecule has 4 nitrogen and oxygen atoms in total. The lowest BCUT2D eigenvalue weighted by Crippen LogP contribution is -2.06. The molecule has 0 atom stereocenters. The monoisotopic (exact) mass is 237 g/mol. The number of aryl methyl sites for hydroxylation is 1. The Bertz CT molecular complexity index is 544. The molecule has 86 valence electrons. The van der Waals surface area contributed by atoms with Crippen molar-refractivity contribution in [3.8, 4) is 0 Å². The second-order valence-electron chi connectivity index (χ2n) is 3.66. The molecule has 0 aliphatic carbocycles. The highest BCUT2D eigenvalue weighted by molar-refractivity contribution is 7.71. The molecule has 0 spiro atoms. The van der Waals surface area contributed by atoms with E-state index in [1.54, 1.807) is 0 Å². The number of rotatable bonds is 4. The van der Waals surface area contributed by atoms with Gasteiger partial charge in [0.15, 0.2) is 10.4 Å². The molecule has 0 saturated heterocycles. The van der Waals surface area contributed by atoms with Crippen LogP contribution in [0.5, 0.6) is 0 Å². The lowest BCUT2D eigenvalue weighted by Gasteiger charge is -2.03. The molecule has 0 saturated carbocycles. The minimum absolute atomic E-state index is 0.660. The number of fused-ring (bicyclic) bond motifs is 1. The normalized spacial score (nSPS) is 11.1. The third kappa shape index (κ3) is 2.15. The molecule has 5 heteroatoms. The van der Waals surface area contributed by atoms with Crippen molar-refractivity contribution in [1.82, 2.24) is 14.5 Å². The summed E-state index contributed by atoms with van der Waals surface area (Å²) in [6.07, 6.45) is 1.85. The molecular weight excluding hydrogens is 222 g/mol. The van der Waals surface area contributed by atoms with Crippen molar-refractivity contribution < 1.29 is 4.74 Å². The second-order valence-corrected chi connectivity index (χ2v) is 4.05. The van der Waals surface area contributed by atoms with E-state index in [4.69, 9.17) is 17.0 Å². The Morgan fingerprint density at radius 1 is 1.56 bits per heavy atom. The van der Waals surface area contributed by atoms with Gasteiger partial charge in [0.25, 0.3) is 0 Å². The van der Waals surface area contributed by atoms with Gasteiger partial charge in [0.2, 0.25) is 0 Å². The average molecular weight is 237 g/mol. The van der Waals surface area contributed by atoms with E-state index in [1.165, 1.54) is 0 Å². The van der Waals surface area contributed by atoms with Gasteiger partial charge in [0.05, 0.1) is 18.7 Å². The maximum atomic E-state index is 5.33. The van der Waals surface area contributed by atoms with Crippen molar-refractivity contribution in [3.63, 3.8) is 0 Å². The number of H-pyrrole nitrogens is 1. The fourth-order valence-corrected chi connectivity index (χ4v) is 1.94. The highest BCUT2D eigenvalue weighted by Crippen LogP contribution is 2.12. The van der Waals surface area contributed by atoms with Crippen LogP contribution in [-0.4, -0.2) is 27.7 Å². The van der Waals surface area contributed by atoms with Crippen LogP contribution in [0.4, 0.5) is 0 Å². The van der Waals surface area contributed by atoms with Gasteiger partial charge in [0.1, 0.15) is 0 Å². The van der Waals surface area contributed by atoms with Gasteiger partial charge in [-0.15, -0.1) is 0 Å². The number of aromatic nitrogens is 3. The molecule has 0 bridgehead atoms. The summed E-state index contributed by atoms with van der Waals surface area (Å²) in [5.41, 5.74) is 3.01. The van der Waals surface area contributed by atoms with Gasteiger partial charge in [-0.25, -0.2) is 4.98 Å². The molecule has 0 unspecified atom stereocenters. The van der Waals surface area contributed by atoms with Crippen molar-refractivity contribution in [2.45, 2.75) is 20.4 Å². The standard InChI is InChI=1S/C11H15N3OS/c1-3-15-5-4-14-10-9(13-11(14)16)6-8(2)7-12-10/h6-7H,3-5H2,1-2H3,(H,13,16). The van der Waals surface area contributed by atoms with Crippen LogP contribution in [0.1, 0.15) is 12.5 Å². The number of hydrogen-bond acceptors (Lipinski definition) is 3. The molecule has 16 heavy (non-hydrogen) atoms. The molecule has 0 radical (unpaired) electrons. The number of nitrogens with one attached hydrogen (secondary N) is 1. The van der Waals surface area contributed by atoms with Crippen LogP contribution in [0.25, 0.3) is 11.2 Å². The molecule has 0 amide bonds. The maximum absolute atomic E-state index is 5.33. The molecule has 0 fully saturated rings. The summed E-state index contributed by atoms with van der Waals surface area (Å²) < 4.78 is 8.00. The van der Waals surface area contributed by atoms with Gasteiger partial charge in [0, 0.05) is 12.8 Å². The topological polar surface area (TPSA) is 42.8 Å². The molecule has 0 aliphatic rings. The van der Waals surface area contributed by atoms with Crippen molar-refractivity contribution in [3.05, 3.63) is 22.6 Å². The molecular formula is C11H15N3OS. The molecule has 2 heterocycles. The van der Waals surface area contributed by atoms with Gasteiger partial charge in [-0.1, -0.05) is 0 Å². The number of hydrogen-bond donors (Lipinski definition) is 1. The van der Waals surface area contributed by atoms with E-state index >= 15 is 0 Å². The minimum atomic E-state index is 0.660. The quantitative estimate of drug-likeness (QED) is 0.656. The SMILES string of the molecule is CCOCCn1c(=S)[nH]c2cc(C)cnc21. The molecule has 1 N–H and O–H groups in total. The van der Waals surface area contributed by atoms with E-state index in [-0.39, 0.29) is 0 Å². The first-order chi connectivity index (χ1) is 7.72. The lowest BCUT2D eigenvalue weighted by atomic mass is 10.3. The number of ether oxygens (including phenoxy) is 1. The molecule has 2 aromatic rings. The summed E-state index contributed by atoms with van der Waals surface area (Å²) >= 11 is 5.26. The predicted molar refractivity (Wildman–Crippen MR) is 66.1 cm³/mol. The van der Waals surface area contributed by atoms with Crippen LogP contribution in [0, 0.1) is 11.7 Å². The Labute approximate surface area is 99.3 Å². The van der Waals surface area contributed by atoms with Gasteiger partial charge >= 0.3 is 0 Å².